The predicted molar refractivity (Wildman–Crippen MR) is 133 cm³/mol. The highest BCUT2D eigenvalue weighted by Crippen LogP contribution is 2.22. The summed E-state index contributed by atoms with van der Waals surface area (Å²) >= 11 is 0. The van der Waals surface area contributed by atoms with Crippen LogP contribution in [0.5, 0.6) is 0 Å². The summed E-state index contributed by atoms with van der Waals surface area (Å²) in [5.74, 6) is -0.971. The molecular formula is C28H24F2N4O2. The van der Waals surface area contributed by atoms with E-state index in [2.05, 4.69) is 22.3 Å². The maximum absolute atomic E-state index is 13.6. The minimum Gasteiger partial charge on any atom is -0.325 e. The van der Waals surface area contributed by atoms with E-state index in [1.165, 1.54) is 46.5 Å². The van der Waals surface area contributed by atoms with Crippen molar-refractivity contribution in [3.63, 3.8) is 0 Å². The molecule has 4 aromatic rings. The van der Waals surface area contributed by atoms with Gasteiger partial charge in [-0.05, 0) is 60.5 Å². The van der Waals surface area contributed by atoms with Gasteiger partial charge >= 0.3 is 0 Å². The summed E-state index contributed by atoms with van der Waals surface area (Å²) in [6.45, 7) is 1.64. The molecule has 0 atom stereocenters. The zero-order valence-corrected chi connectivity index (χ0v) is 19.5. The Kier molecular flexibility index (Phi) is 6.69. The minimum atomic E-state index is -0.449. The first-order valence-electron chi connectivity index (χ1n) is 11.7. The van der Waals surface area contributed by atoms with Crippen LogP contribution in [0.4, 0.5) is 14.5 Å². The number of anilines is 1. The normalized spacial score (nSPS) is 13.3. The molecule has 182 valence electrons. The number of rotatable bonds is 6. The van der Waals surface area contributed by atoms with E-state index < -0.39 is 17.5 Å². The minimum absolute atomic E-state index is 0.281. The Morgan fingerprint density at radius 3 is 2.28 bits per heavy atom. The van der Waals surface area contributed by atoms with Gasteiger partial charge in [-0.1, -0.05) is 30.3 Å². The fourth-order valence-corrected chi connectivity index (χ4v) is 4.40. The van der Waals surface area contributed by atoms with Gasteiger partial charge in [-0.2, -0.15) is 0 Å². The molecule has 0 unspecified atom stereocenters. The van der Waals surface area contributed by atoms with Crippen LogP contribution in [0.25, 0.3) is 11.4 Å². The smallest absolute Gasteiger partial charge is 0.257 e. The van der Waals surface area contributed by atoms with Crippen LogP contribution in [-0.2, 0) is 30.8 Å². The summed E-state index contributed by atoms with van der Waals surface area (Å²) in [5, 5.41) is 2.69. The molecule has 1 amide bonds. The average molecular weight is 487 g/mol. The van der Waals surface area contributed by atoms with Crippen molar-refractivity contribution in [1.29, 1.82) is 0 Å². The van der Waals surface area contributed by atoms with Crippen LogP contribution in [0.2, 0.25) is 0 Å². The van der Waals surface area contributed by atoms with Crippen LogP contribution in [0.1, 0.15) is 16.8 Å². The lowest BCUT2D eigenvalue weighted by molar-refractivity contribution is -0.116. The molecule has 5 rings (SSSR count). The van der Waals surface area contributed by atoms with Gasteiger partial charge in [-0.25, -0.2) is 13.8 Å². The van der Waals surface area contributed by atoms with Gasteiger partial charge in [0, 0.05) is 36.4 Å². The molecule has 36 heavy (non-hydrogen) atoms. The Balaban J connectivity index is 1.47. The third-order valence-electron chi connectivity index (χ3n) is 6.18. The number of halogens is 2. The molecule has 0 saturated heterocycles. The Labute approximate surface area is 206 Å². The van der Waals surface area contributed by atoms with E-state index in [0.29, 0.717) is 47.8 Å². The van der Waals surface area contributed by atoms with Crippen molar-refractivity contribution >= 4 is 11.6 Å². The molecule has 0 bridgehead atoms. The van der Waals surface area contributed by atoms with Gasteiger partial charge in [-0.3, -0.25) is 19.1 Å². The topological polar surface area (TPSA) is 67.2 Å². The fraction of sp³-hybridized carbons (Fsp3) is 0.179. The second-order valence-corrected chi connectivity index (χ2v) is 8.76. The Morgan fingerprint density at radius 2 is 1.58 bits per heavy atom. The van der Waals surface area contributed by atoms with Crippen molar-refractivity contribution in [1.82, 2.24) is 14.5 Å². The molecule has 0 saturated carbocycles. The number of carbonyl (C=O) groups excluding carboxylic acids is 1. The zero-order chi connectivity index (χ0) is 25.1. The van der Waals surface area contributed by atoms with Crippen molar-refractivity contribution in [2.75, 3.05) is 11.9 Å². The first-order valence-corrected chi connectivity index (χ1v) is 11.7. The van der Waals surface area contributed by atoms with Gasteiger partial charge in [-0.15, -0.1) is 0 Å². The molecule has 3 aromatic carbocycles. The maximum atomic E-state index is 13.6. The first kappa shape index (κ1) is 23.6. The number of hydrogen-bond acceptors (Lipinski definition) is 4. The molecule has 0 fully saturated rings. The molecule has 1 aliphatic heterocycles. The second-order valence-electron chi connectivity index (χ2n) is 8.76. The molecule has 0 radical (unpaired) electrons. The quantitative estimate of drug-likeness (QED) is 0.439. The van der Waals surface area contributed by atoms with Gasteiger partial charge < -0.3 is 5.32 Å². The molecule has 6 nitrogen and oxygen atoms in total. The monoisotopic (exact) mass is 486 g/mol. The molecule has 2 heterocycles. The van der Waals surface area contributed by atoms with Crippen molar-refractivity contribution in [2.24, 2.45) is 0 Å². The number of amides is 1. The van der Waals surface area contributed by atoms with E-state index in [1.54, 1.807) is 12.1 Å². The van der Waals surface area contributed by atoms with Crippen molar-refractivity contribution in [3.05, 3.63) is 118 Å². The lowest BCUT2D eigenvalue weighted by Crippen LogP contribution is -2.39. The van der Waals surface area contributed by atoms with Crippen LogP contribution in [-0.4, -0.2) is 26.9 Å². The van der Waals surface area contributed by atoms with E-state index in [4.69, 9.17) is 4.98 Å². The van der Waals surface area contributed by atoms with E-state index >= 15 is 0 Å². The first-order chi connectivity index (χ1) is 17.5. The van der Waals surface area contributed by atoms with Crippen LogP contribution in [0.15, 0.2) is 83.7 Å². The molecule has 1 aliphatic rings. The Hall–Kier alpha value is -4.17. The van der Waals surface area contributed by atoms with Crippen molar-refractivity contribution in [3.8, 4) is 11.4 Å². The molecule has 0 aliphatic carbocycles. The van der Waals surface area contributed by atoms with Crippen LogP contribution in [0, 0.1) is 11.6 Å². The lowest BCUT2D eigenvalue weighted by atomic mass is 10.0. The number of aromatic nitrogens is 2. The summed E-state index contributed by atoms with van der Waals surface area (Å²) < 4.78 is 28.1. The average Bonchev–Trinajstić information content (AvgIpc) is 2.88. The van der Waals surface area contributed by atoms with E-state index in [0.717, 1.165) is 6.54 Å². The number of fused-ring (bicyclic) bond motifs is 1. The van der Waals surface area contributed by atoms with E-state index in [9.17, 15) is 18.4 Å². The Morgan fingerprint density at radius 1 is 0.917 bits per heavy atom. The van der Waals surface area contributed by atoms with Crippen molar-refractivity contribution < 1.29 is 13.6 Å². The molecule has 0 spiro atoms. The fourth-order valence-electron chi connectivity index (χ4n) is 4.40. The number of nitrogens with zero attached hydrogens (tertiary/aromatic N) is 3. The SMILES string of the molecule is O=C(Cn1c(-c2ccc(F)cc2)nc2c(c1=O)CCN(Cc1ccccc1)C2)Nc1ccc(F)cc1. The summed E-state index contributed by atoms with van der Waals surface area (Å²) in [4.78, 5) is 33.4. The standard InChI is InChI=1S/C28H24F2N4O2/c29-21-8-6-20(7-9-21)27-32-25-17-33(16-19-4-2-1-3-5-19)15-14-24(25)28(36)34(27)18-26(35)31-23-12-10-22(30)11-13-23/h1-13H,14-18H2,(H,31,35). The summed E-state index contributed by atoms with van der Waals surface area (Å²) in [6.07, 6.45) is 0.511. The number of nitrogens with one attached hydrogen (secondary N) is 1. The molecular weight excluding hydrogens is 462 g/mol. The van der Waals surface area contributed by atoms with Gasteiger partial charge in [0.2, 0.25) is 5.91 Å². The van der Waals surface area contributed by atoms with Crippen molar-refractivity contribution in [2.45, 2.75) is 26.1 Å². The van der Waals surface area contributed by atoms with E-state index in [1.807, 2.05) is 18.2 Å². The highest BCUT2D eigenvalue weighted by atomic mass is 19.1. The zero-order valence-electron chi connectivity index (χ0n) is 19.5. The van der Waals surface area contributed by atoms with Gasteiger partial charge in [0.05, 0.1) is 5.69 Å². The largest absolute Gasteiger partial charge is 0.325 e. The third-order valence-corrected chi connectivity index (χ3v) is 6.18. The van der Waals surface area contributed by atoms with Crippen LogP contribution < -0.4 is 10.9 Å². The summed E-state index contributed by atoms with van der Waals surface area (Å²) in [6, 6.07) is 21.1. The number of benzene rings is 3. The third kappa shape index (κ3) is 5.23. The highest BCUT2D eigenvalue weighted by Gasteiger charge is 2.25. The van der Waals surface area contributed by atoms with Gasteiger partial charge in [0.15, 0.2) is 0 Å². The summed E-state index contributed by atoms with van der Waals surface area (Å²) in [5.41, 5.74) is 3.08. The molecule has 8 heteroatoms. The van der Waals surface area contributed by atoms with Crippen LogP contribution in [0.3, 0.4) is 0 Å². The Bertz CT molecular complexity index is 1440. The highest BCUT2D eigenvalue weighted by molar-refractivity contribution is 5.90. The maximum Gasteiger partial charge on any atom is 0.257 e. The predicted octanol–water partition coefficient (Wildman–Crippen LogP) is 4.39. The number of carbonyl (C=O) groups is 1. The summed E-state index contributed by atoms with van der Waals surface area (Å²) in [7, 11) is 0. The van der Waals surface area contributed by atoms with Gasteiger partial charge in [0.25, 0.3) is 5.56 Å². The van der Waals surface area contributed by atoms with Crippen LogP contribution >= 0.6 is 0 Å². The second kappa shape index (κ2) is 10.2. The van der Waals surface area contributed by atoms with E-state index in [-0.39, 0.29) is 12.1 Å². The molecule has 1 aromatic heterocycles. The van der Waals surface area contributed by atoms with Gasteiger partial charge in [0.1, 0.15) is 24.0 Å². The number of hydrogen-bond donors (Lipinski definition) is 1. The lowest BCUT2D eigenvalue weighted by Gasteiger charge is -2.29. The molecule has 1 N–H and O–H groups in total.